The number of rotatable bonds is 4. The third-order valence-corrected chi connectivity index (χ3v) is 4.35. The summed E-state index contributed by atoms with van der Waals surface area (Å²) in [4.78, 5) is 0. The number of phenols is 1. The first-order valence-corrected chi connectivity index (χ1v) is 7.09. The summed E-state index contributed by atoms with van der Waals surface area (Å²) in [6, 6.07) is 12.5. The fraction of sp³-hybridized carbons (Fsp3) is 0.333. The van der Waals surface area contributed by atoms with Gasteiger partial charge in [0.2, 0.25) is 0 Å². The summed E-state index contributed by atoms with van der Waals surface area (Å²) >= 11 is 0. The molecule has 2 aromatic carbocycles. The molecule has 0 spiro atoms. The fourth-order valence-corrected chi connectivity index (χ4v) is 2.96. The van der Waals surface area contributed by atoms with Crippen molar-refractivity contribution in [3.8, 4) is 5.75 Å². The Labute approximate surface area is 120 Å². The van der Waals surface area contributed by atoms with Gasteiger partial charge in [-0.05, 0) is 54.7 Å². The van der Waals surface area contributed by atoms with Gasteiger partial charge in [0.25, 0.3) is 0 Å². The molecule has 2 aromatic rings. The summed E-state index contributed by atoms with van der Waals surface area (Å²) in [7, 11) is 0. The molecule has 2 rings (SSSR count). The molecule has 0 aliphatic heterocycles. The van der Waals surface area contributed by atoms with E-state index in [0.717, 1.165) is 24.0 Å². The molecule has 0 radical (unpaired) electrons. The zero-order valence-corrected chi connectivity index (χ0v) is 12.3. The molecule has 0 saturated carbocycles. The Hall–Kier alpha value is -1.83. The van der Waals surface area contributed by atoms with E-state index in [1.165, 1.54) is 17.7 Å². The molecule has 0 atom stereocenters. The van der Waals surface area contributed by atoms with Gasteiger partial charge in [-0.1, -0.05) is 38.1 Å². The van der Waals surface area contributed by atoms with Gasteiger partial charge in [0.1, 0.15) is 11.6 Å². The van der Waals surface area contributed by atoms with Crippen molar-refractivity contribution in [1.29, 1.82) is 0 Å². The topological polar surface area (TPSA) is 20.2 Å². The van der Waals surface area contributed by atoms with Crippen LogP contribution in [0.2, 0.25) is 0 Å². The minimum atomic E-state index is -0.211. The predicted octanol–water partition coefficient (Wildman–Crippen LogP) is 4.95. The average molecular weight is 272 g/mol. The second-order valence-corrected chi connectivity index (χ2v) is 5.30. The van der Waals surface area contributed by atoms with Crippen molar-refractivity contribution in [2.45, 2.75) is 39.0 Å². The number of hydrogen-bond acceptors (Lipinski definition) is 1. The summed E-state index contributed by atoms with van der Waals surface area (Å²) < 4.78 is 13.2. The Kier molecular flexibility index (Phi) is 4.12. The lowest BCUT2D eigenvalue weighted by Gasteiger charge is -2.33. The number of halogens is 1. The van der Waals surface area contributed by atoms with Crippen LogP contribution in [0.4, 0.5) is 4.39 Å². The molecule has 0 amide bonds. The van der Waals surface area contributed by atoms with Crippen LogP contribution in [0.1, 0.15) is 43.4 Å². The van der Waals surface area contributed by atoms with Crippen LogP contribution in [0.25, 0.3) is 0 Å². The molecule has 1 nitrogen and oxygen atoms in total. The number of aromatic hydroxyl groups is 1. The zero-order valence-electron chi connectivity index (χ0n) is 12.3. The van der Waals surface area contributed by atoms with Gasteiger partial charge in [-0.15, -0.1) is 0 Å². The lowest BCUT2D eigenvalue weighted by Crippen LogP contribution is -2.26. The smallest absolute Gasteiger partial charge is 0.123 e. The summed E-state index contributed by atoms with van der Waals surface area (Å²) in [5.41, 5.74) is 3.03. The van der Waals surface area contributed by atoms with Crippen LogP contribution in [-0.2, 0) is 5.41 Å². The van der Waals surface area contributed by atoms with Crippen LogP contribution in [-0.4, -0.2) is 5.11 Å². The highest BCUT2D eigenvalue weighted by Gasteiger charge is 2.30. The summed E-state index contributed by atoms with van der Waals surface area (Å²) in [6.45, 7) is 6.20. The zero-order chi connectivity index (χ0) is 14.8. The largest absolute Gasteiger partial charge is 0.508 e. The normalized spacial score (nSPS) is 11.6. The summed E-state index contributed by atoms with van der Waals surface area (Å²) in [5, 5.41) is 9.71. The highest BCUT2D eigenvalue weighted by atomic mass is 19.1. The Bertz CT molecular complexity index is 583. The van der Waals surface area contributed by atoms with Crippen molar-refractivity contribution in [3.63, 3.8) is 0 Å². The molecule has 0 aromatic heterocycles. The lowest BCUT2D eigenvalue weighted by atomic mass is 9.70. The van der Waals surface area contributed by atoms with E-state index >= 15 is 0 Å². The van der Waals surface area contributed by atoms with E-state index in [4.69, 9.17) is 0 Å². The van der Waals surface area contributed by atoms with E-state index in [-0.39, 0.29) is 11.2 Å². The van der Waals surface area contributed by atoms with E-state index < -0.39 is 0 Å². The average Bonchev–Trinajstić information content (AvgIpc) is 2.46. The monoisotopic (exact) mass is 272 g/mol. The third-order valence-electron chi connectivity index (χ3n) is 4.35. The highest BCUT2D eigenvalue weighted by Crippen LogP contribution is 2.40. The van der Waals surface area contributed by atoms with Crippen LogP contribution in [0.15, 0.2) is 42.5 Å². The van der Waals surface area contributed by atoms with Crippen molar-refractivity contribution < 1.29 is 9.50 Å². The molecule has 0 heterocycles. The Morgan fingerprint density at radius 3 is 2.00 bits per heavy atom. The van der Waals surface area contributed by atoms with Gasteiger partial charge in [0, 0.05) is 5.41 Å². The number of aryl methyl sites for hydroxylation is 1. The third kappa shape index (κ3) is 2.43. The van der Waals surface area contributed by atoms with Crippen molar-refractivity contribution in [1.82, 2.24) is 0 Å². The van der Waals surface area contributed by atoms with Crippen molar-refractivity contribution in [3.05, 3.63) is 65.0 Å². The van der Waals surface area contributed by atoms with Crippen LogP contribution in [0, 0.1) is 12.7 Å². The minimum Gasteiger partial charge on any atom is -0.508 e. The summed E-state index contributed by atoms with van der Waals surface area (Å²) in [5.74, 6) is 0.103. The first kappa shape index (κ1) is 14.6. The Morgan fingerprint density at radius 1 is 0.950 bits per heavy atom. The predicted molar refractivity (Wildman–Crippen MR) is 80.6 cm³/mol. The van der Waals surface area contributed by atoms with E-state index in [0.29, 0.717) is 5.75 Å². The van der Waals surface area contributed by atoms with Gasteiger partial charge in [0.15, 0.2) is 0 Å². The molecule has 20 heavy (non-hydrogen) atoms. The summed E-state index contributed by atoms with van der Waals surface area (Å²) in [6.07, 6.45) is 1.86. The van der Waals surface area contributed by atoms with Crippen LogP contribution < -0.4 is 0 Å². The van der Waals surface area contributed by atoms with Gasteiger partial charge in [0.05, 0.1) is 0 Å². The molecular formula is C18H21FO. The van der Waals surface area contributed by atoms with Crippen molar-refractivity contribution in [2.24, 2.45) is 0 Å². The maximum Gasteiger partial charge on any atom is 0.123 e. The minimum absolute atomic E-state index is 0.133. The van der Waals surface area contributed by atoms with Crippen LogP contribution >= 0.6 is 0 Å². The Balaban J connectivity index is 2.58. The molecule has 1 N–H and O–H groups in total. The molecule has 0 saturated heterocycles. The molecule has 2 heteroatoms. The van der Waals surface area contributed by atoms with Crippen LogP contribution in [0.5, 0.6) is 5.75 Å². The second kappa shape index (κ2) is 5.66. The quantitative estimate of drug-likeness (QED) is 0.835. The number of phenolic OH excluding ortho intramolecular Hbond substituents is 1. The van der Waals surface area contributed by atoms with E-state index in [1.807, 2.05) is 31.2 Å². The molecular weight excluding hydrogens is 251 g/mol. The second-order valence-electron chi connectivity index (χ2n) is 5.30. The van der Waals surface area contributed by atoms with Crippen molar-refractivity contribution >= 4 is 0 Å². The SMILES string of the molecule is CCC(CC)(c1ccc(F)cc1)c1ccc(O)c(C)c1. The van der Waals surface area contributed by atoms with Crippen LogP contribution in [0.3, 0.4) is 0 Å². The van der Waals surface area contributed by atoms with Crippen molar-refractivity contribution in [2.75, 3.05) is 0 Å². The van der Waals surface area contributed by atoms with E-state index in [9.17, 15) is 9.50 Å². The maximum absolute atomic E-state index is 13.2. The van der Waals surface area contributed by atoms with Gasteiger partial charge in [-0.25, -0.2) is 4.39 Å². The molecule has 0 bridgehead atoms. The maximum atomic E-state index is 13.2. The molecule has 0 fully saturated rings. The first-order chi connectivity index (χ1) is 9.53. The number of hydrogen-bond donors (Lipinski definition) is 1. The van der Waals surface area contributed by atoms with Gasteiger partial charge >= 0.3 is 0 Å². The van der Waals surface area contributed by atoms with Gasteiger partial charge < -0.3 is 5.11 Å². The lowest BCUT2D eigenvalue weighted by molar-refractivity contribution is 0.461. The molecule has 106 valence electrons. The number of benzene rings is 2. The fourth-order valence-electron chi connectivity index (χ4n) is 2.96. The van der Waals surface area contributed by atoms with E-state index in [1.54, 1.807) is 6.07 Å². The van der Waals surface area contributed by atoms with E-state index in [2.05, 4.69) is 13.8 Å². The highest BCUT2D eigenvalue weighted by molar-refractivity contribution is 5.44. The Morgan fingerprint density at radius 2 is 1.50 bits per heavy atom. The first-order valence-electron chi connectivity index (χ1n) is 7.09. The molecule has 0 aliphatic carbocycles. The standard InChI is InChI=1S/C18H21FO/c1-4-18(5-2,14-6-9-16(19)10-7-14)15-8-11-17(20)13(3)12-15/h6-12,20H,4-5H2,1-3H3. The van der Waals surface area contributed by atoms with Gasteiger partial charge in [-0.3, -0.25) is 0 Å². The molecule has 0 aliphatic rings. The van der Waals surface area contributed by atoms with Gasteiger partial charge in [-0.2, -0.15) is 0 Å². The molecule has 0 unspecified atom stereocenters.